The normalized spacial score (nSPS) is 10.9. The highest BCUT2D eigenvalue weighted by atomic mass is 32.2. The molecule has 0 aromatic heterocycles. The SMILES string of the molecule is COC(=O)CS(=O)(=O)CCCC(=O)O. The largest absolute Gasteiger partial charge is 0.481 e. The molecule has 0 aliphatic rings. The molecule has 0 spiro atoms. The minimum absolute atomic E-state index is 0.00859. The van der Waals surface area contributed by atoms with Crippen molar-refractivity contribution in [2.45, 2.75) is 12.8 Å². The van der Waals surface area contributed by atoms with Gasteiger partial charge in [-0.3, -0.25) is 9.59 Å². The smallest absolute Gasteiger partial charge is 0.320 e. The molecule has 0 amide bonds. The number of rotatable bonds is 6. The van der Waals surface area contributed by atoms with E-state index in [0.29, 0.717) is 0 Å². The molecule has 0 aromatic rings. The first-order valence-electron chi connectivity index (χ1n) is 3.86. The van der Waals surface area contributed by atoms with Crippen LogP contribution in [0.3, 0.4) is 0 Å². The zero-order valence-electron chi connectivity index (χ0n) is 7.73. The van der Waals surface area contributed by atoms with Crippen molar-refractivity contribution in [1.82, 2.24) is 0 Å². The van der Waals surface area contributed by atoms with Crippen LogP contribution in [0.2, 0.25) is 0 Å². The molecule has 0 atom stereocenters. The molecule has 0 aliphatic carbocycles. The Kier molecular flexibility index (Phi) is 5.14. The van der Waals surface area contributed by atoms with Gasteiger partial charge in [0.25, 0.3) is 0 Å². The van der Waals surface area contributed by atoms with Crippen molar-refractivity contribution in [2.24, 2.45) is 0 Å². The van der Waals surface area contributed by atoms with Crippen molar-refractivity contribution < 1.29 is 27.9 Å². The number of carbonyl (C=O) groups excluding carboxylic acids is 1. The molecule has 0 saturated heterocycles. The Morgan fingerprint density at radius 3 is 2.36 bits per heavy atom. The van der Waals surface area contributed by atoms with Crippen LogP contribution in [0.1, 0.15) is 12.8 Å². The number of hydrogen-bond donors (Lipinski definition) is 1. The predicted octanol–water partition coefficient (Wildman–Crippen LogP) is -0.561. The van der Waals surface area contributed by atoms with Crippen molar-refractivity contribution >= 4 is 21.8 Å². The molecule has 0 aromatic carbocycles. The summed E-state index contributed by atoms with van der Waals surface area (Å²) >= 11 is 0. The Morgan fingerprint density at radius 1 is 1.36 bits per heavy atom. The summed E-state index contributed by atoms with van der Waals surface area (Å²) in [4.78, 5) is 20.7. The molecule has 0 rings (SSSR count). The lowest BCUT2D eigenvalue weighted by Gasteiger charge is -2.01. The van der Waals surface area contributed by atoms with E-state index in [1.165, 1.54) is 0 Å². The Bertz CT molecular complexity index is 304. The first-order chi connectivity index (χ1) is 6.37. The molecule has 0 saturated carbocycles. The molecule has 0 fully saturated rings. The number of carboxylic acids is 1. The first-order valence-corrected chi connectivity index (χ1v) is 5.68. The molecular weight excluding hydrogens is 212 g/mol. The van der Waals surface area contributed by atoms with Gasteiger partial charge in [0.2, 0.25) is 0 Å². The van der Waals surface area contributed by atoms with Gasteiger partial charge in [0, 0.05) is 6.42 Å². The Balaban J connectivity index is 3.96. The van der Waals surface area contributed by atoms with E-state index in [1.54, 1.807) is 0 Å². The monoisotopic (exact) mass is 224 g/mol. The van der Waals surface area contributed by atoms with Crippen molar-refractivity contribution in [1.29, 1.82) is 0 Å². The highest BCUT2D eigenvalue weighted by Crippen LogP contribution is 1.98. The molecule has 7 heteroatoms. The van der Waals surface area contributed by atoms with Crippen LogP contribution in [0.25, 0.3) is 0 Å². The van der Waals surface area contributed by atoms with E-state index >= 15 is 0 Å². The molecule has 82 valence electrons. The van der Waals surface area contributed by atoms with Crippen LogP contribution in [-0.4, -0.2) is 44.1 Å². The lowest BCUT2D eigenvalue weighted by Crippen LogP contribution is -2.20. The summed E-state index contributed by atoms with van der Waals surface area (Å²) in [5, 5.41) is 8.25. The zero-order valence-corrected chi connectivity index (χ0v) is 8.54. The van der Waals surface area contributed by atoms with Gasteiger partial charge in [-0.2, -0.15) is 0 Å². The maximum Gasteiger partial charge on any atom is 0.320 e. The van der Waals surface area contributed by atoms with E-state index < -0.39 is 27.5 Å². The maximum absolute atomic E-state index is 11.1. The zero-order chi connectivity index (χ0) is 11.2. The van der Waals surface area contributed by atoms with Gasteiger partial charge in [-0.05, 0) is 6.42 Å². The minimum Gasteiger partial charge on any atom is -0.481 e. The molecule has 6 nitrogen and oxygen atoms in total. The van der Waals surface area contributed by atoms with Crippen molar-refractivity contribution in [3.05, 3.63) is 0 Å². The number of carbonyl (C=O) groups is 2. The minimum atomic E-state index is -3.53. The second-order valence-electron chi connectivity index (χ2n) is 2.67. The quantitative estimate of drug-likeness (QED) is 0.607. The van der Waals surface area contributed by atoms with E-state index in [-0.39, 0.29) is 18.6 Å². The summed E-state index contributed by atoms with van der Waals surface area (Å²) in [5.41, 5.74) is 0. The van der Waals surface area contributed by atoms with Crippen LogP contribution >= 0.6 is 0 Å². The van der Waals surface area contributed by atoms with E-state index in [2.05, 4.69) is 4.74 Å². The van der Waals surface area contributed by atoms with E-state index in [9.17, 15) is 18.0 Å². The molecule has 0 radical (unpaired) electrons. The first kappa shape index (κ1) is 12.9. The fourth-order valence-corrected chi connectivity index (χ4v) is 1.96. The van der Waals surface area contributed by atoms with Crippen LogP contribution in [0, 0.1) is 0 Å². The van der Waals surface area contributed by atoms with Gasteiger partial charge in [-0.1, -0.05) is 0 Å². The number of carboxylic acid groups (broad SMARTS) is 1. The number of sulfone groups is 1. The van der Waals surface area contributed by atoms with Crippen LogP contribution in [0.5, 0.6) is 0 Å². The lowest BCUT2D eigenvalue weighted by atomic mass is 10.3. The van der Waals surface area contributed by atoms with Crippen molar-refractivity contribution in [2.75, 3.05) is 18.6 Å². The number of aliphatic carboxylic acids is 1. The number of ether oxygens (including phenoxy) is 1. The third-order valence-corrected chi connectivity index (χ3v) is 3.00. The van der Waals surface area contributed by atoms with Gasteiger partial charge < -0.3 is 9.84 Å². The van der Waals surface area contributed by atoms with Crippen LogP contribution in [0.4, 0.5) is 0 Å². The molecule has 0 bridgehead atoms. The van der Waals surface area contributed by atoms with Gasteiger partial charge >= 0.3 is 11.9 Å². The van der Waals surface area contributed by atoms with Gasteiger partial charge in [0.05, 0.1) is 12.9 Å². The summed E-state index contributed by atoms with van der Waals surface area (Å²) in [6.07, 6.45) is -0.213. The van der Waals surface area contributed by atoms with E-state index in [1.807, 2.05) is 0 Å². The average Bonchev–Trinajstić information content (AvgIpc) is 2.02. The second-order valence-corrected chi connectivity index (χ2v) is 4.85. The van der Waals surface area contributed by atoms with Crippen LogP contribution in [-0.2, 0) is 24.2 Å². The number of esters is 1. The molecular formula is C7H12O6S. The molecule has 1 N–H and O–H groups in total. The maximum atomic E-state index is 11.1. The highest BCUT2D eigenvalue weighted by Gasteiger charge is 2.16. The number of methoxy groups -OCH3 is 1. The fraction of sp³-hybridized carbons (Fsp3) is 0.714. The average molecular weight is 224 g/mol. The standard InChI is InChI=1S/C7H12O6S/c1-13-7(10)5-14(11,12)4-2-3-6(8)9/h2-5H2,1H3,(H,8,9). The van der Waals surface area contributed by atoms with Crippen molar-refractivity contribution in [3.63, 3.8) is 0 Å². The fourth-order valence-electron chi connectivity index (χ4n) is 0.754. The van der Waals surface area contributed by atoms with Crippen LogP contribution in [0.15, 0.2) is 0 Å². The van der Waals surface area contributed by atoms with Crippen molar-refractivity contribution in [3.8, 4) is 0 Å². The summed E-state index contributed by atoms with van der Waals surface area (Å²) < 4.78 is 26.4. The number of hydrogen-bond acceptors (Lipinski definition) is 5. The van der Waals surface area contributed by atoms with Gasteiger partial charge in [0.15, 0.2) is 9.84 Å². The summed E-state index contributed by atoms with van der Waals surface area (Å²) in [6, 6.07) is 0. The van der Waals surface area contributed by atoms with E-state index in [0.717, 1.165) is 7.11 Å². The van der Waals surface area contributed by atoms with Gasteiger partial charge in [-0.25, -0.2) is 8.42 Å². The predicted molar refractivity (Wildman–Crippen MR) is 47.5 cm³/mol. The summed E-state index contributed by atoms with van der Waals surface area (Å²) in [5.74, 6) is -2.89. The molecule has 0 heterocycles. The molecule has 0 unspecified atom stereocenters. The third kappa shape index (κ3) is 6.41. The van der Waals surface area contributed by atoms with Gasteiger partial charge in [0.1, 0.15) is 5.75 Å². The molecule has 14 heavy (non-hydrogen) atoms. The Morgan fingerprint density at radius 2 is 1.93 bits per heavy atom. The van der Waals surface area contributed by atoms with Crippen LogP contribution < -0.4 is 0 Å². The third-order valence-electron chi connectivity index (χ3n) is 1.41. The summed E-state index contributed by atoms with van der Waals surface area (Å²) in [7, 11) is -2.43. The highest BCUT2D eigenvalue weighted by molar-refractivity contribution is 7.92. The Labute approximate surface area is 81.8 Å². The Hall–Kier alpha value is -1.11. The lowest BCUT2D eigenvalue weighted by molar-refractivity contribution is -0.138. The molecule has 0 aliphatic heterocycles. The summed E-state index contributed by atoms with van der Waals surface area (Å²) in [6.45, 7) is 0. The van der Waals surface area contributed by atoms with Gasteiger partial charge in [-0.15, -0.1) is 0 Å². The second kappa shape index (κ2) is 5.58. The topological polar surface area (TPSA) is 97.7 Å². The van der Waals surface area contributed by atoms with E-state index in [4.69, 9.17) is 5.11 Å².